The van der Waals surface area contributed by atoms with E-state index in [-0.39, 0.29) is 5.11 Å². The highest BCUT2D eigenvalue weighted by Crippen LogP contribution is 2.23. The van der Waals surface area contributed by atoms with Gasteiger partial charge in [0.2, 0.25) is 5.13 Å². The Morgan fingerprint density at radius 2 is 2.06 bits per heavy atom. The van der Waals surface area contributed by atoms with E-state index in [1.54, 1.807) is 0 Å². The van der Waals surface area contributed by atoms with E-state index in [1.165, 1.54) is 11.3 Å². The molecular weight excluding hydrogens is 240 g/mol. The normalized spacial score (nSPS) is 9.75. The third kappa shape index (κ3) is 2.68. The van der Waals surface area contributed by atoms with Gasteiger partial charge in [-0.15, -0.1) is 11.3 Å². The lowest BCUT2D eigenvalue weighted by molar-refractivity contribution is 1.11. The van der Waals surface area contributed by atoms with E-state index in [1.807, 2.05) is 35.7 Å². The SMILES string of the molecule is NC(=S)NNc1nc(-c2ccccc2)cs1. The summed E-state index contributed by atoms with van der Waals surface area (Å²) in [5, 5.41) is 2.89. The Balaban J connectivity index is 2.11. The van der Waals surface area contributed by atoms with Crippen molar-refractivity contribution in [3.05, 3.63) is 35.7 Å². The van der Waals surface area contributed by atoms with Crippen LogP contribution in [0.3, 0.4) is 0 Å². The summed E-state index contributed by atoms with van der Waals surface area (Å²) in [5.74, 6) is 0. The Morgan fingerprint density at radius 3 is 2.75 bits per heavy atom. The molecule has 0 saturated heterocycles. The summed E-state index contributed by atoms with van der Waals surface area (Å²) in [5.41, 5.74) is 12.8. The molecule has 0 fully saturated rings. The Bertz CT molecular complexity index is 481. The standard InChI is InChI=1S/C10H10N4S2/c11-9(15)13-14-10-12-8(6-16-10)7-4-2-1-3-5-7/h1-6H,(H,12,14)(H3,11,13,15). The van der Waals surface area contributed by atoms with Crippen molar-refractivity contribution in [1.82, 2.24) is 10.4 Å². The van der Waals surface area contributed by atoms with Gasteiger partial charge in [-0.05, 0) is 12.2 Å². The molecule has 0 saturated carbocycles. The number of hydrogen-bond donors (Lipinski definition) is 3. The van der Waals surface area contributed by atoms with Crippen LogP contribution in [0.2, 0.25) is 0 Å². The van der Waals surface area contributed by atoms with Gasteiger partial charge in [0, 0.05) is 10.9 Å². The number of thiazole rings is 1. The Labute approximate surface area is 102 Å². The maximum atomic E-state index is 5.29. The summed E-state index contributed by atoms with van der Waals surface area (Å²) in [4.78, 5) is 4.38. The molecule has 16 heavy (non-hydrogen) atoms. The largest absolute Gasteiger partial charge is 0.375 e. The van der Waals surface area contributed by atoms with E-state index in [0.29, 0.717) is 0 Å². The predicted octanol–water partition coefficient (Wildman–Crippen LogP) is 1.97. The van der Waals surface area contributed by atoms with E-state index < -0.39 is 0 Å². The van der Waals surface area contributed by atoms with Gasteiger partial charge in [-0.1, -0.05) is 30.3 Å². The van der Waals surface area contributed by atoms with Crippen LogP contribution in [0.4, 0.5) is 5.13 Å². The Morgan fingerprint density at radius 1 is 1.31 bits per heavy atom. The number of thiocarbonyl (C=S) groups is 1. The quantitative estimate of drug-likeness (QED) is 0.574. The topological polar surface area (TPSA) is 63.0 Å². The number of nitrogens with two attached hydrogens (primary N) is 1. The summed E-state index contributed by atoms with van der Waals surface area (Å²) >= 11 is 6.16. The van der Waals surface area contributed by atoms with Crippen molar-refractivity contribution < 1.29 is 0 Å². The second-order valence-electron chi connectivity index (χ2n) is 3.02. The molecule has 4 nitrogen and oxygen atoms in total. The van der Waals surface area contributed by atoms with Crippen molar-refractivity contribution in [3.8, 4) is 11.3 Å². The summed E-state index contributed by atoms with van der Waals surface area (Å²) < 4.78 is 0. The fraction of sp³-hybridized carbons (Fsp3) is 0. The van der Waals surface area contributed by atoms with Gasteiger partial charge in [0.25, 0.3) is 0 Å². The van der Waals surface area contributed by atoms with Gasteiger partial charge >= 0.3 is 0 Å². The number of aromatic nitrogens is 1. The first-order chi connectivity index (χ1) is 7.75. The molecule has 1 aromatic carbocycles. The molecule has 0 aliphatic rings. The van der Waals surface area contributed by atoms with Crippen LogP contribution in [0, 0.1) is 0 Å². The Kier molecular flexibility index (Phi) is 3.33. The zero-order valence-corrected chi connectivity index (χ0v) is 9.94. The minimum Gasteiger partial charge on any atom is -0.375 e. The summed E-state index contributed by atoms with van der Waals surface area (Å²) in [6, 6.07) is 9.97. The second kappa shape index (κ2) is 4.91. The van der Waals surface area contributed by atoms with Crippen LogP contribution >= 0.6 is 23.6 Å². The van der Waals surface area contributed by atoms with Gasteiger partial charge in [0.05, 0.1) is 5.69 Å². The first kappa shape index (κ1) is 10.8. The number of hydrazine groups is 1. The zero-order chi connectivity index (χ0) is 11.4. The molecule has 0 amide bonds. The molecule has 0 aliphatic carbocycles. The van der Waals surface area contributed by atoms with Crippen LogP contribution in [-0.2, 0) is 0 Å². The average Bonchev–Trinajstić information content (AvgIpc) is 2.76. The first-order valence-electron chi connectivity index (χ1n) is 4.58. The molecule has 1 aromatic heterocycles. The number of benzene rings is 1. The van der Waals surface area contributed by atoms with Gasteiger partial charge in [-0.2, -0.15) is 0 Å². The minimum absolute atomic E-state index is 0.191. The first-order valence-corrected chi connectivity index (χ1v) is 5.87. The number of nitrogens with zero attached hydrogens (tertiary/aromatic N) is 1. The highest BCUT2D eigenvalue weighted by atomic mass is 32.1. The number of nitrogens with one attached hydrogen (secondary N) is 2. The van der Waals surface area contributed by atoms with Crippen LogP contribution in [-0.4, -0.2) is 10.1 Å². The smallest absolute Gasteiger partial charge is 0.202 e. The van der Waals surface area contributed by atoms with E-state index in [9.17, 15) is 0 Å². The van der Waals surface area contributed by atoms with Crippen LogP contribution in [0.5, 0.6) is 0 Å². The van der Waals surface area contributed by atoms with E-state index in [0.717, 1.165) is 16.4 Å². The van der Waals surface area contributed by atoms with E-state index in [2.05, 4.69) is 28.1 Å². The fourth-order valence-electron chi connectivity index (χ4n) is 1.19. The van der Waals surface area contributed by atoms with Crippen molar-refractivity contribution in [2.45, 2.75) is 0 Å². The van der Waals surface area contributed by atoms with Crippen molar-refractivity contribution in [1.29, 1.82) is 0 Å². The minimum atomic E-state index is 0.191. The molecule has 0 atom stereocenters. The van der Waals surface area contributed by atoms with E-state index in [4.69, 9.17) is 5.73 Å². The van der Waals surface area contributed by atoms with Crippen LogP contribution in [0.15, 0.2) is 35.7 Å². The summed E-state index contributed by atoms with van der Waals surface area (Å²) in [6.45, 7) is 0. The van der Waals surface area contributed by atoms with Gasteiger partial charge in [0.1, 0.15) is 0 Å². The number of anilines is 1. The lowest BCUT2D eigenvalue weighted by Crippen LogP contribution is -2.33. The van der Waals surface area contributed by atoms with Gasteiger partial charge in [0.15, 0.2) is 5.11 Å². The van der Waals surface area contributed by atoms with Crippen molar-refractivity contribution in [3.63, 3.8) is 0 Å². The molecule has 2 rings (SSSR count). The van der Waals surface area contributed by atoms with Crippen molar-refractivity contribution in [2.75, 3.05) is 5.43 Å². The molecule has 0 spiro atoms. The molecule has 82 valence electrons. The molecule has 0 unspecified atom stereocenters. The number of hydrogen-bond acceptors (Lipinski definition) is 4. The van der Waals surface area contributed by atoms with Gasteiger partial charge in [-0.3, -0.25) is 10.9 Å². The molecule has 1 heterocycles. The third-order valence-electron chi connectivity index (χ3n) is 1.87. The van der Waals surface area contributed by atoms with Crippen LogP contribution in [0.1, 0.15) is 0 Å². The molecule has 0 bridgehead atoms. The molecule has 0 aliphatic heterocycles. The molecule has 2 aromatic rings. The van der Waals surface area contributed by atoms with Crippen LogP contribution < -0.4 is 16.6 Å². The maximum absolute atomic E-state index is 5.29. The lowest BCUT2D eigenvalue weighted by atomic mass is 10.2. The highest BCUT2D eigenvalue weighted by Gasteiger charge is 2.03. The molecule has 0 radical (unpaired) electrons. The van der Waals surface area contributed by atoms with Gasteiger partial charge in [-0.25, -0.2) is 4.98 Å². The highest BCUT2D eigenvalue weighted by molar-refractivity contribution is 7.80. The predicted molar refractivity (Wildman–Crippen MR) is 71.1 cm³/mol. The second-order valence-corrected chi connectivity index (χ2v) is 4.32. The molecule has 6 heteroatoms. The molecular formula is C10H10N4S2. The van der Waals surface area contributed by atoms with Crippen molar-refractivity contribution in [2.24, 2.45) is 5.73 Å². The fourth-order valence-corrected chi connectivity index (χ4v) is 1.91. The average molecular weight is 250 g/mol. The lowest BCUT2D eigenvalue weighted by Gasteiger charge is -2.02. The third-order valence-corrected chi connectivity index (χ3v) is 2.73. The summed E-state index contributed by atoms with van der Waals surface area (Å²) in [7, 11) is 0. The maximum Gasteiger partial charge on any atom is 0.202 e. The van der Waals surface area contributed by atoms with E-state index >= 15 is 0 Å². The zero-order valence-electron chi connectivity index (χ0n) is 8.31. The van der Waals surface area contributed by atoms with Crippen molar-refractivity contribution >= 4 is 33.8 Å². The van der Waals surface area contributed by atoms with Gasteiger partial charge < -0.3 is 5.73 Å². The number of rotatable bonds is 3. The van der Waals surface area contributed by atoms with Crippen LogP contribution in [0.25, 0.3) is 11.3 Å². The summed E-state index contributed by atoms with van der Waals surface area (Å²) in [6.07, 6.45) is 0. The monoisotopic (exact) mass is 250 g/mol. The Hall–Kier alpha value is -1.66. The molecule has 4 N–H and O–H groups in total.